The Bertz CT molecular complexity index is 1520. The van der Waals surface area contributed by atoms with E-state index in [0.29, 0.717) is 22.3 Å². The predicted octanol–water partition coefficient (Wildman–Crippen LogP) is 4.30. The van der Waals surface area contributed by atoms with Crippen LogP contribution in [0.3, 0.4) is 0 Å². The zero-order valence-corrected chi connectivity index (χ0v) is 22.6. The van der Waals surface area contributed by atoms with Crippen LogP contribution in [-0.4, -0.2) is 46.0 Å². The number of amides is 2. The average Bonchev–Trinajstić information content (AvgIpc) is 3.02. The van der Waals surface area contributed by atoms with Gasteiger partial charge in [0.05, 0.1) is 0 Å². The minimum absolute atomic E-state index is 0.0446. The number of phenolic OH excluding ortho intramolecular Hbond substituents is 1. The lowest BCUT2D eigenvalue weighted by Gasteiger charge is -2.48. The Hall–Kier alpha value is -5.44. The molecule has 1 aliphatic heterocycles. The van der Waals surface area contributed by atoms with E-state index in [2.05, 4.69) is 5.32 Å². The van der Waals surface area contributed by atoms with Crippen molar-refractivity contribution < 1.29 is 33.8 Å². The van der Waals surface area contributed by atoms with Crippen LogP contribution in [-0.2, 0) is 23.9 Å². The van der Waals surface area contributed by atoms with E-state index in [1.807, 2.05) is 60.7 Å². The molecule has 0 bridgehead atoms. The molecular weight excluding hydrogens is 536 g/mol. The topological polar surface area (TPSA) is 122 Å². The number of hydrogen-bond donors (Lipinski definition) is 2. The van der Waals surface area contributed by atoms with Crippen LogP contribution < -0.4 is 5.32 Å². The SMILES string of the molecule is CC(=O)O[C@@H]1C(NC(=O)c2ccccc2)C(=O)N1C(C(=O)OC(c1ccccc1)c1ccccc1)c1ccc(O)cc1. The summed E-state index contributed by atoms with van der Waals surface area (Å²) < 4.78 is 11.6. The molecule has 1 fully saturated rings. The first-order valence-electron chi connectivity index (χ1n) is 13.3. The summed E-state index contributed by atoms with van der Waals surface area (Å²) in [5.41, 5.74) is 2.05. The number of carbonyl (C=O) groups is 4. The highest BCUT2D eigenvalue weighted by Gasteiger charge is 2.56. The number of ether oxygens (including phenoxy) is 2. The molecule has 1 saturated heterocycles. The van der Waals surface area contributed by atoms with E-state index in [4.69, 9.17) is 9.47 Å². The molecule has 0 saturated carbocycles. The van der Waals surface area contributed by atoms with Crippen molar-refractivity contribution in [3.8, 4) is 5.75 Å². The van der Waals surface area contributed by atoms with Crippen LogP contribution in [0.1, 0.15) is 46.1 Å². The molecule has 4 aromatic carbocycles. The maximum atomic E-state index is 14.0. The maximum Gasteiger partial charge on any atom is 0.334 e. The summed E-state index contributed by atoms with van der Waals surface area (Å²) in [7, 11) is 0. The highest BCUT2D eigenvalue weighted by Crippen LogP contribution is 2.37. The van der Waals surface area contributed by atoms with Gasteiger partial charge in [0.1, 0.15) is 5.75 Å². The Labute approximate surface area is 242 Å². The number of β-lactam (4-membered cyclic amide) rings is 1. The third kappa shape index (κ3) is 6.00. The molecule has 1 aliphatic rings. The quantitative estimate of drug-likeness (QED) is 0.230. The fourth-order valence-corrected chi connectivity index (χ4v) is 4.83. The number of carbonyl (C=O) groups excluding carboxylic acids is 4. The Morgan fingerprint density at radius 1 is 0.762 bits per heavy atom. The summed E-state index contributed by atoms with van der Waals surface area (Å²) in [6, 6.07) is 29.7. The van der Waals surface area contributed by atoms with Gasteiger partial charge in [-0.05, 0) is 41.0 Å². The fraction of sp³-hybridized carbons (Fsp3) is 0.152. The molecule has 2 N–H and O–H groups in total. The number of benzene rings is 4. The molecule has 9 nitrogen and oxygen atoms in total. The number of nitrogens with one attached hydrogen (secondary N) is 1. The van der Waals surface area contributed by atoms with Gasteiger partial charge in [0.2, 0.25) is 6.23 Å². The van der Waals surface area contributed by atoms with Gasteiger partial charge in [-0.3, -0.25) is 19.3 Å². The normalized spacial score (nSPS) is 16.7. The predicted molar refractivity (Wildman–Crippen MR) is 152 cm³/mol. The molecule has 2 unspecified atom stereocenters. The van der Waals surface area contributed by atoms with Gasteiger partial charge >= 0.3 is 11.9 Å². The maximum absolute atomic E-state index is 14.0. The van der Waals surface area contributed by atoms with Gasteiger partial charge in [-0.15, -0.1) is 0 Å². The van der Waals surface area contributed by atoms with E-state index < -0.39 is 48.2 Å². The number of rotatable bonds is 9. The highest BCUT2D eigenvalue weighted by atomic mass is 16.6. The number of hydrogen-bond acceptors (Lipinski definition) is 7. The standard InChI is InChI=1S/C33H28N2O7/c1-21(36)41-32-27(34-30(38)25-15-9-4-10-16-25)31(39)35(32)28(22-17-19-26(37)20-18-22)33(40)42-29(23-11-5-2-6-12-23)24-13-7-3-8-14-24/h2-20,27-29,32,37H,1H3,(H,34,38)/t27?,28?,32-/m1/s1. The molecule has 0 aliphatic carbocycles. The second-order valence-electron chi connectivity index (χ2n) is 9.70. The van der Waals surface area contributed by atoms with Crippen LogP contribution in [0.15, 0.2) is 115 Å². The Morgan fingerprint density at radius 3 is 1.81 bits per heavy atom. The molecule has 2 amide bonds. The van der Waals surface area contributed by atoms with Crippen molar-refractivity contribution in [3.05, 3.63) is 138 Å². The third-order valence-electron chi connectivity index (χ3n) is 6.84. The summed E-state index contributed by atoms with van der Waals surface area (Å²) in [6.45, 7) is 1.17. The average molecular weight is 565 g/mol. The van der Waals surface area contributed by atoms with Crippen molar-refractivity contribution in [2.24, 2.45) is 0 Å². The van der Waals surface area contributed by atoms with E-state index in [1.54, 1.807) is 30.3 Å². The number of esters is 2. The number of nitrogens with zero attached hydrogens (tertiary/aromatic N) is 1. The van der Waals surface area contributed by atoms with Crippen LogP contribution in [0.25, 0.3) is 0 Å². The molecular formula is C33H28N2O7. The molecule has 9 heteroatoms. The number of phenols is 1. The Morgan fingerprint density at radius 2 is 1.29 bits per heavy atom. The second kappa shape index (κ2) is 12.4. The Kier molecular flexibility index (Phi) is 8.29. The van der Waals surface area contributed by atoms with Gasteiger partial charge in [0.25, 0.3) is 11.8 Å². The molecule has 4 aromatic rings. The summed E-state index contributed by atoms with van der Waals surface area (Å²) in [4.78, 5) is 53.7. The molecule has 5 rings (SSSR count). The molecule has 0 radical (unpaired) electrons. The molecule has 212 valence electrons. The molecule has 0 aromatic heterocycles. The molecule has 42 heavy (non-hydrogen) atoms. The van der Waals surface area contributed by atoms with Crippen LogP contribution >= 0.6 is 0 Å². The summed E-state index contributed by atoms with van der Waals surface area (Å²) in [6.07, 6.45) is -2.10. The van der Waals surface area contributed by atoms with Gasteiger partial charge in [0, 0.05) is 12.5 Å². The van der Waals surface area contributed by atoms with E-state index in [1.165, 1.54) is 31.2 Å². The molecule has 3 atom stereocenters. The van der Waals surface area contributed by atoms with Crippen LogP contribution in [0.4, 0.5) is 0 Å². The lowest BCUT2D eigenvalue weighted by Crippen LogP contribution is -2.73. The first kappa shape index (κ1) is 28.1. The van der Waals surface area contributed by atoms with Gasteiger partial charge in [-0.1, -0.05) is 91.0 Å². The first-order valence-corrected chi connectivity index (χ1v) is 13.3. The van der Waals surface area contributed by atoms with Crippen LogP contribution in [0.2, 0.25) is 0 Å². The van der Waals surface area contributed by atoms with Crippen molar-refractivity contribution in [2.75, 3.05) is 0 Å². The van der Waals surface area contributed by atoms with Gasteiger partial charge < -0.3 is 19.9 Å². The number of likely N-dealkylation sites (tertiary alicyclic amines) is 1. The van der Waals surface area contributed by atoms with Crippen molar-refractivity contribution in [1.29, 1.82) is 0 Å². The first-order chi connectivity index (χ1) is 20.3. The lowest BCUT2D eigenvalue weighted by molar-refractivity contribution is -0.201. The van der Waals surface area contributed by atoms with Crippen molar-refractivity contribution in [2.45, 2.75) is 31.3 Å². The van der Waals surface area contributed by atoms with E-state index in [0.717, 1.165) is 4.90 Å². The third-order valence-corrected chi connectivity index (χ3v) is 6.84. The zero-order chi connectivity index (χ0) is 29.6. The van der Waals surface area contributed by atoms with Crippen molar-refractivity contribution in [1.82, 2.24) is 10.2 Å². The van der Waals surface area contributed by atoms with E-state index in [-0.39, 0.29) is 5.75 Å². The van der Waals surface area contributed by atoms with Crippen molar-refractivity contribution in [3.63, 3.8) is 0 Å². The minimum Gasteiger partial charge on any atom is -0.508 e. The van der Waals surface area contributed by atoms with Gasteiger partial charge in [0.15, 0.2) is 18.2 Å². The summed E-state index contributed by atoms with van der Waals surface area (Å²) >= 11 is 0. The lowest BCUT2D eigenvalue weighted by atomic mass is 9.95. The molecule has 1 heterocycles. The van der Waals surface area contributed by atoms with Crippen molar-refractivity contribution >= 4 is 23.8 Å². The Balaban J connectivity index is 1.49. The fourth-order valence-electron chi connectivity index (χ4n) is 4.83. The van der Waals surface area contributed by atoms with E-state index >= 15 is 0 Å². The van der Waals surface area contributed by atoms with Gasteiger partial charge in [-0.2, -0.15) is 0 Å². The number of aromatic hydroxyl groups is 1. The zero-order valence-electron chi connectivity index (χ0n) is 22.6. The smallest absolute Gasteiger partial charge is 0.334 e. The van der Waals surface area contributed by atoms with Crippen LogP contribution in [0.5, 0.6) is 5.75 Å². The summed E-state index contributed by atoms with van der Waals surface area (Å²) in [5.74, 6) is -2.73. The summed E-state index contributed by atoms with van der Waals surface area (Å²) in [5, 5.41) is 12.5. The monoisotopic (exact) mass is 564 g/mol. The van der Waals surface area contributed by atoms with E-state index in [9.17, 15) is 24.3 Å². The highest BCUT2D eigenvalue weighted by molar-refractivity contribution is 6.01. The largest absolute Gasteiger partial charge is 0.508 e. The van der Waals surface area contributed by atoms with Gasteiger partial charge in [-0.25, -0.2) is 4.79 Å². The second-order valence-corrected chi connectivity index (χ2v) is 9.70. The molecule has 0 spiro atoms. The minimum atomic E-state index is -1.36. The van der Waals surface area contributed by atoms with Crippen LogP contribution in [0, 0.1) is 0 Å².